The maximum Gasteiger partial charge on any atom is 0.0830 e. The summed E-state index contributed by atoms with van der Waals surface area (Å²) in [6, 6.07) is 0. The third kappa shape index (κ3) is 5.22. The monoisotopic (exact) mass is 172 g/mol. The van der Waals surface area contributed by atoms with Crippen molar-refractivity contribution in [2.75, 3.05) is 0 Å². The van der Waals surface area contributed by atoms with Crippen molar-refractivity contribution in [2.24, 2.45) is 0 Å². The van der Waals surface area contributed by atoms with Gasteiger partial charge in [-0.05, 0) is 6.42 Å². The minimum Gasteiger partial charge on any atom is -0.393 e. The first-order valence-corrected chi connectivity index (χ1v) is 7.91. The molecule has 0 aromatic heterocycles. The molecule has 1 atom stereocenters. The van der Waals surface area contributed by atoms with Gasteiger partial charge in [0.2, 0.25) is 0 Å². The van der Waals surface area contributed by atoms with Crippen LogP contribution in [0.25, 0.3) is 0 Å². The molecule has 2 heteroatoms. The van der Waals surface area contributed by atoms with Gasteiger partial charge in [0.1, 0.15) is 0 Å². The zero-order chi connectivity index (χ0) is 8.91. The van der Waals surface area contributed by atoms with Gasteiger partial charge in [-0.1, -0.05) is 45.1 Å². The van der Waals surface area contributed by atoms with E-state index >= 15 is 0 Å². The Labute approximate surface area is 71.1 Å². The van der Waals surface area contributed by atoms with Gasteiger partial charge in [0.15, 0.2) is 0 Å². The van der Waals surface area contributed by atoms with E-state index in [0.717, 1.165) is 12.8 Å². The van der Waals surface area contributed by atoms with Crippen LogP contribution in [-0.2, 0) is 0 Å². The van der Waals surface area contributed by atoms with E-state index in [1.165, 1.54) is 0 Å². The van der Waals surface area contributed by atoms with Crippen molar-refractivity contribution in [1.29, 1.82) is 0 Å². The van der Waals surface area contributed by atoms with Gasteiger partial charge >= 0.3 is 0 Å². The highest BCUT2D eigenvalue weighted by Crippen LogP contribution is 2.08. The van der Waals surface area contributed by atoms with Crippen LogP contribution in [0.5, 0.6) is 0 Å². The predicted octanol–water partition coefficient (Wildman–Crippen LogP) is 2.58. The van der Waals surface area contributed by atoms with Crippen LogP contribution in [0.1, 0.15) is 19.8 Å². The van der Waals surface area contributed by atoms with Crippen molar-refractivity contribution in [2.45, 2.75) is 45.1 Å². The van der Waals surface area contributed by atoms with Gasteiger partial charge in [-0.2, -0.15) is 0 Å². The molecule has 1 unspecified atom stereocenters. The van der Waals surface area contributed by atoms with Crippen molar-refractivity contribution in [1.82, 2.24) is 0 Å². The highest BCUT2D eigenvalue weighted by atomic mass is 28.3. The molecule has 0 amide bonds. The Kier molecular flexibility index (Phi) is 4.69. The first kappa shape index (κ1) is 10.9. The molecule has 0 aromatic rings. The summed E-state index contributed by atoms with van der Waals surface area (Å²) in [5, 5.41) is 9.59. The molecule has 1 N–H and O–H groups in total. The minimum atomic E-state index is -1.34. The Morgan fingerprint density at radius 1 is 1.36 bits per heavy atom. The van der Waals surface area contributed by atoms with E-state index < -0.39 is 8.07 Å². The first-order valence-electron chi connectivity index (χ1n) is 4.33. The average Bonchev–Trinajstić information content (AvgIpc) is 1.86. The van der Waals surface area contributed by atoms with E-state index in [9.17, 15) is 5.11 Å². The lowest BCUT2D eigenvalue weighted by Gasteiger charge is -2.20. The highest BCUT2D eigenvalue weighted by molar-refractivity contribution is 6.77. The third-order valence-electron chi connectivity index (χ3n) is 1.66. The molecule has 0 bridgehead atoms. The van der Waals surface area contributed by atoms with Gasteiger partial charge in [0.05, 0.1) is 13.8 Å². The molecule has 0 saturated heterocycles. The summed E-state index contributed by atoms with van der Waals surface area (Å²) in [7, 11) is -1.34. The van der Waals surface area contributed by atoms with Crippen molar-refractivity contribution in [3.05, 3.63) is 12.2 Å². The Morgan fingerprint density at radius 2 is 1.91 bits per heavy atom. The molecule has 0 radical (unpaired) electrons. The largest absolute Gasteiger partial charge is 0.393 e. The zero-order valence-corrected chi connectivity index (χ0v) is 9.09. The third-order valence-corrected chi connectivity index (χ3v) is 3.63. The number of aliphatic hydroxyl groups is 1. The van der Waals surface area contributed by atoms with E-state index in [1.54, 1.807) is 0 Å². The van der Waals surface area contributed by atoms with Crippen LogP contribution in [0, 0.1) is 0 Å². The fourth-order valence-electron chi connectivity index (χ4n) is 0.680. The van der Waals surface area contributed by atoms with Gasteiger partial charge in [0.25, 0.3) is 0 Å². The van der Waals surface area contributed by atoms with E-state index in [1.807, 2.05) is 6.08 Å². The maximum atomic E-state index is 9.59. The molecule has 0 heterocycles. The number of hydrogen-bond acceptors (Lipinski definition) is 1. The quantitative estimate of drug-likeness (QED) is 0.510. The summed E-state index contributed by atoms with van der Waals surface area (Å²) in [6.07, 6.45) is 6.29. The highest BCUT2D eigenvalue weighted by Gasteiger charge is 2.21. The van der Waals surface area contributed by atoms with Crippen LogP contribution in [-0.4, -0.2) is 18.9 Å². The lowest BCUT2D eigenvalue weighted by atomic mass is 10.3. The Bertz CT molecular complexity index is 124. The Morgan fingerprint density at radius 3 is 2.27 bits per heavy atom. The van der Waals surface area contributed by atoms with E-state index in [-0.39, 0.29) is 5.73 Å². The molecule has 1 nitrogen and oxygen atoms in total. The summed E-state index contributed by atoms with van der Waals surface area (Å²) >= 11 is 0. The maximum absolute atomic E-state index is 9.59. The molecule has 0 spiro atoms. The van der Waals surface area contributed by atoms with Gasteiger partial charge in [-0.25, -0.2) is 0 Å². The number of hydrogen-bond donors (Lipinski definition) is 1. The van der Waals surface area contributed by atoms with Crippen molar-refractivity contribution in [3.8, 4) is 0 Å². The molecule has 0 fully saturated rings. The van der Waals surface area contributed by atoms with Gasteiger partial charge in [0, 0.05) is 0 Å². The molecule has 0 saturated carbocycles. The van der Waals surface area contributed by atoms with Crippen molar-refractivity contribution < 1.29 is 5.11 Å². The fraction of sp³-hybridized carbons (Fsp3) is 0.778. The second-order valence-electron chi connectivity index (χ2n) is 4.03. The number of unbranched alkanes of at least 4 members (excludes halogenated alkanes) is 1. The van der Waals surface area contributed by atoms with Crippen molar-refractivity contribution in [3.63, 3.8) is 0 Å². The predicted molar refractivity (Wildman–Crippen MR) is 53.4 cm³/mol. The molecule has 0 aromatic carbocycles. The van der Waals surface area contributed by atoms with E-state index in [0.29, 0.717) is 0 Å². The molecule has 0 aliphatic heterocycles. The number of allylic oxidation sites excluding steroid dienone is 1. The molecular formula is C9H20OSi. The lowest BCUT2D eigenvalue weighted by molar-refractivity contribution is 0.290. The molecule has 0 aliphatic rings. The summed E-state index contributed by atoms with van der Waals surface area (Å²) in [4.78, 5) is 0. The van der Waals surface area contributed by atoms with E-state index in [2.05, 4.69) is 32.6 Å². The van der Waals surface area contributed by atoms with Crippen LogP contribution in [0.15, 0.2) is 12.2 Å². The Hall–Kier alpha value is -0.0831. The summed E-state index contributed by atoms with van der Waals surface area (Å²) in [5.41, 5.74) is -0.172. The van der Waals surface area contributed by atoms with Crippen LogP contribution < -0.4 is 0 Å². The first-order chi connectivity index (χ1) is 4.98. The lowest BCUT2D eigenvalue weighted by Crippen LogP contribution is -2.36. The van der Waals surface area contributed by atoms with Gasteiger partial charge in [-0.3, -0.25) is 0 Å². The minimum absolute atomic E-state index is 0.172. The summed E-state index contributed by atoms with van der Waals surface area (Å²) < 4.78 is 0. The van der Waals surface area contributed by atoms with Crippen molar-refractivity contribution >= 4 is 8.07 Å². The fourth-order valence-corrected chi connectivity index (χ4v) is 1.39. The van der Waals surface area contributed by atoms with Crippen LogP contribution in [0.4, 0.5) is 0 Å². The molecule has 0 rings (SSSR count). The molecule has 11 heavy (non-hydrogen) atoms. The summed E-state index contributed by atoms with van der Waals surface area (Å²) in [5.74, 6) is 0. The average molecular weight is 172 g/mol. The van der Waals surface area contributed by atoms with Crippen LogP contribution in [0.3, 0.4) is 0 Å². The van der Waals surface area contributed by atoms with Crippen LogP contribution in [0.2, 0.25) is 19.6 Å². The van der Waals surface area contributed by atoms with Gasteiger partial charge in [-0.15, -0.1) is 0 Å². The second kappa shape index (κ2) is 4.73. The normalized spacial score (nSPS) is 15.7. The molecular weight excluding hydrogens is 152 g/mol. The number of aliphatic hydroxyl groups excluding tert-OH is 1. The van der Waals surface area contributed by atoms with Gasteiger partial charge < -0.3 is 5.11 Å². The standard InChI is InChI=1S/C9H20OSi/c1-5-6-7-8-9(10)11(2,3)4/h7-10H,5-6H2,1-4H3/b8-7+. The second-order valence-corrected chi connectivity index (χ2v) is 9.35. The molecule has 0 aliphatic carbocycles. The topological polar surface area (TPSA) is 20.2 Å². The SMILES string of the molecule is CCC/C=C/C(O)[Si](C)(C)C. The van der Waals surface area contributed by atoms with E-state index in [4.69, 9.17) is 0 Å². The Balaban J connectivity index is 3.77. The van der Waals surface area contributed by atoms with Crippen LogP contribution >= 0.6 is 0 Å². The zero-order valence-electron chi connectivity index (χ0n) is 8.09. The smallest absolute Gasteiger partial charge is 0.0830 e. The molecule has 66 valence electrons. The number of rotatable bonds is 4. The summed E-state index contributed by atoms with van der Waals surface area (Å²) in [6.45, 7) is 8.67.